The Morgan fingerprint density at radius 3 is 0.926 bits per heavy atom. The van der Waals surface area contributed by atoms with Crippen molar-refractivity contribution in [2.45, 2.75) is 149 Å². The van der Waals surface area contributed by atoms with Crippen molar-refractivity contribution in [3.05, 3.63) is 24.3 Å². The Balaban J connectivity index is 3.11. The molecule has 0 aromatic rings. The summed E-state index contributed by atoms with van der Waals surface area (Å²) in [4.78, 5) is 0. The number of hydrogen-bond acceptors (Lipinski definition) is 0. The zero-order valence-electron chi connectivity index (χ0n) is 19.2. The van der Waals surface area contributed by atoms with Crippen molar-refractivity contribution in [2.24, 2.45) is 0 Å². The number of rotatable bonds is 22. The van der Waals surface area contributed by atoms with Gasteiger partial charge in [-0.3, -0.25) is 0 Å². The Bertz CT molecular complexity index is 299. The second-order valence-electron chi connectivity index (χ2n) is 8.40. The average Bonchev–Trinajstić information content (AvgIpc) is 2.68. The zero-order valence-corrected chi connectivity index (χ0v) is 19.2. The van der Waals surface area contributed by atoms with E-state index >= 15 is 0 Å². The predicted molar refractivity (Wildman–Crippen MR) is 127 cm³/mol. The highest BCUT2D eigenvalue weighted by molar-refractivity contribution is 4.88. The molecule has 0 fully saturated rings. The topological polar surface area (TPSA) is 0 Å². The molecule has 0 saturated heterocycles. The minimum Gasteiger partial charge on any atom is -0.0885 e. The van der Waals surface area contributed by atoms with Crippen molar-refractivity contribution in [1.82, 2.24) is 0 Å². The monoisotopic (exact) mass is 376 g/mol. The van der Waals surface area contributed by atoms with Crippen LogP contribution in [-0.4, -0.2) is 0 Å². The van der Waals surface area contributed by atoms with Gasteiger partial charge in [0, 0.05) is 0 Å². The Morgan fingerprint density at radius 2 is 0.556 bits per heavy atom. The fourth-order valence-corrected chi connectivity index (χ4v) is 3.63. The molecule has 0 rings (SSSR count). The van der Waals surface area contributed by atoms with Crippen molar-refractivity contribution >= 4 is 0 Å². The molecule has 0 aliphatic rings. The lowest BCUT2D eigenvalue weighted by molar-refractivity contribution is 0.540. The van der Waals surface area contributed by atoms with Gasteiger partial charge in [0.05, 0.1) is 0 Å². The second kappa shape index (κ2) is 25.5. The molecule has 0 aromatic heterocycles. The summed E-state index contributed by atoms with van der Waals surface area (Å²) in [5, 5.41) is 0. The SMILES string of the molecule is CCCCCCC=CCCC=CCCCCCCCCCCCCCCC. The van der Waals surface area contributed by atoms with Crippen LogP contribution in [0, 0.1) is 0 Å². The van der Waals surface area contributed by atoms with Crippen LogP contribution in [0.3, 0.4) is 0 Å². The molecule has 0 unspecified atom stereocenters. The van der Waals surface area contributed by atoms with Crippen molar-refractivity contribution in [3.8, 4) is 0 Å². The van der Waals surface area contributed by atoms with Gasteiger partial charge in [0.25, 0.3) is 0 Å². The molecule has 0 saturated carbocycles. The first kappa shape index (κ1) is 26.5. The molecule has 0 amide bonds. The third-order valence-electron chi connectivity index (χ3n) is 5.53. The molecule has 0 heteroatoms. The lowest BCUT2D eigenvalue weighted by Crippen LogP contribution is -1.82. The lowest BCUT2D eigenvalue weighted by Gasteiger charge is -2.02. The first-order chi connectivity index (χ1) is 13.4. The van der Waals surface area contributed by atoms with E-state index in [2.05, 4.69) is 38.2 Å². The zero-order chi connectivity index (χ0) is 19.7. The van der Waals surface area contributed by atoms with E-state index in [-0.39, 0.29) is 0 Å². The summed E-state index contributed by atoms with van der Waals surface area (Å²) in [5.41, 5.74) is 0. The van der Waals surface area contributed by atoms with E-state index in [0.29, 0.717) is 0 Å². The number of unbranched alkanes of at least 4 members (excludes halogenated alkanes) is 18. The smallest absolute Gasteiger partial charge is 0.0316 e. The van der Waals surface area contributed by atoms with Crippen LogP contribution in [0.15, 0.2) is 24.3 Å². The molecule has 0 aromatic carbocycles. The van der Waals surface area contributed by atoms with E-state index in [9.17, 15) is 0 Å². The van der Waals surface area contributed by atoms with Crippen LogP contribution in [0.4, 0.5) is 0 Å². The second-order valence-corrected chi connectivity index (χ2v) is 8.40. The number of hydrogen-bond donors (Lipinski definition) is 0. The van der Waals surface area contributed by atoms with Crippen molar-refractivity contribution in [2.75, 3.05) is 0 Å². The molecule has 0 aliphatic carbocycles. The summed E-state index contributed by atoms with van der Waals surface area (Å²) in [6.07, 6.45) is 38.9. The quantitative estimate of drug-likeness (QED) is 0.130. The minimum absolute atomic E-state index is 1.23. The van der Waals surface area contributed by atoms with Gasteiger partial charge in [-0.15, -0.1) is 0 Å². The highest BCUT2D eigenvalue weighted by Crippen LogP contribution is 2.13. The van der Waals surface area contributed by atoms with Crippen LogP contribution < -0.4 is 0 Å². The summed E-state index contributed by atoms with van der Waals surface area (Å²) in [5.74, 6) is 0. The normalized spacial score (nSPS) is 11.9. The summed E-state index contributed by atoms with van der Waals surface area (Å²) in [6, 6.07) is 0. The summed E-state index contributed by atoms with van der Waals surface area (Å²) in [7, 11) is 0. The minimum atomic E-state index is 1.23. The van der Waals surface area contributed by atoms with Crippen LogP contribution in [0.1, 0.15) is 149 Å². The fraction of sp³-hybridized carbons (Fsp3) is 0.852. The average molecular weight is 377 g/mol. The highest BCUT2D eigenvalue weighted by Gasteiger charge is 1.93. The Labute approximate surface area is 173 Å². The van der Waals surface area contributed by atoms with E-state index in [1.165, 1.54) is 135 Å². The Morgan fingerprint density at radius 1 is 0.296 bits per heavy atom. The first-order valence-electron chi connectivity index (χ1n) is 12.7. The maximum atomic E-state index is 2.41. The molecule has 0 heterocycles. The van der Waals surface area contributed by atoms with Crippen LogP contribution in [0.25, 0.3) is 0 Å². The highest BCUT2D eigenvalue weighted by atomic mass is 14.0. The molecule has 0 N–H and O–H groups in total. The summed E-state index contributed by atoms with van der Waals surface area (Å²) in [6.45, 7) is 4.58. The molecule has 0 spiro atoms. The molecular weight excluding hydrogens is 324 g/mol. The van der Waals surface area contributed by atoms with Crippen molar-refractivity contribution in [1.29, 1.82) is 0 Å². The Kier molecular flexibility index (Phi) is 25.0. The maximum absolute atomic E-state index is 2.41. The summed E-state index contributed by atoms with van der Waals surface area (Å²) < 4.78 is 0. The van der Waals surface area contributed by atoms with E-state index in [1.54, 1.807) is 0 Å². The molecule has 160 valence electrons. The van der Waals surface area contributed by atoms with Gasteiger partial charge in [0.15, 0.2) is 0 Å². The van der Waals surface area contributed by atoms with Gasteiger partial charge in [0.2, 0.25) is 0 Å². The number of allylic oxidation sites excluding steroid dienone is 4. The van der Waals surface area contributed by atoms with E-state index in [1.807, 2.05) is 0 Å². The van der Waals surface area contributed by atoms with Crippen molar-refractivity contribution < 1.29 is 0 Å². The molecule has 0 radical (unpaired) electrons. The maximum Gasteiger partial charge on any atom is -0.0316 e. The molecular formula is C27H52. The van der Waals surface area contributed by atoms with Crippen LogP contribution >= 0.6 is 0 Å². The Hall–Kier alpha value is -0.520. The van der Waals surface area contributed by atoms with Gasteiger partial charge in [-0.2, -0.15) is 0 Å². The predicted octanol–water partition coefficient (Wildman–Crippen LogP) is 10.3. The lowest BCUT2D eigenvalue weighted by atomic mass is 10.0. The summed E-state index contributed by atoms with van der Waals surface area (Å²) >= 11 is 0. The molecule has 0 atom stereocenters. The fourth-order valence-electron chi connectivity index (χ4n) is 3.63. The van der Waals surface area contributed by atoms with E-state index in [4.69, 9.17) is 0 Å². The van der Waals surface area contributed by atoms with Gasteiger partial charge in [-0.1, -0.05) is 134 Å². The van der Waals surface area contributed by atoms with Crippen LogP contribution in [0.2, 0.25) is 0 Å². The molecule has 0 aliphatic heterocycles. The van der Waals surface area contributed by atoms with Gasteiger partial charge >= 0.3 is 0 Å². The van der Waals surface area contributed by atoms with Gasteiger partial charge in [-0.05, 0) is 38.5 Å². The van der Waals surface area contributed by atoms with E-state index in [0.717, 1.165) is 0 Å². The van der Waals surface area contributed by atoms with Gasteiger partial charge < -0.3 is 0 Å². The van der Waals surface area contributed by atoms with Gasteiger partial charge in [0.1, 0.15) is 0 Å². The van der Waals surface area contributed by atoms with Crippen molar-refractivity contribution in [3.63, 3.8) is 0 Å². The molecule has 0 bridgehead atoms. The standard InChI is InChI=1S/C27H52/c1-3-5-7-9-11-13-15-17-19-21-23-25-27-26-24-22-20-18-16-14-12-10-8-6-4-2/h13,15,21,23H,3-12,14,16-20,22,24-27H2,1-2H3. The van der Waals surface area contributed by atoms with Gasteiger partial charge in [-0.25, -0.2) is 0 Å². The molecule has 0 nitrogen and oxygen atoms in total. The first-order valence-corrected chi connectivity index (χ1v) is 12.7. The third-order valence-corrected chi connectivity index (χ3v) is 5.53. The third kappa shape index (κ3) is 25.5. The van der Waals surface area contributed by atoms with E-state index < -0.39 is 0 Å². The van der Waals surface area contributed by atoms with Crippen LogP contribution in [0.5, 0.6) is 0 Å². The van der Waals surface area contributed by atoms with Crippen LogP contribution in [-0.2, 0) is 0 Å². The largest absolute Gasteiger partial charge is 0.0885 e. The molecule has 27 heavy (non-hydrogen) atoms.